The van der Waals surface area contributed by atoms with Crippen LogP contribution in [0.5, 0.6) is 6.01 Å². The number of pyridine rings is 1. The molecule has 0 bridgehead atoms. The van der Waals surface area contributed by atoms with E-state index in [1.807, 2.05) is 36.4 Å². The van der Waals surface area contributed by atoms with Gasteiger partial charge in [-0.1, -0.05) is 60.1 Å². The number of fused-ring (bicyclic) bond motifs is 2. The topological polar surface area (TPSA) is 116 Å². The van der Waals surface area contributed by atoms with Crippen LogP contribution in [-0.4, -0.2) is 57.7 Å². The highest BCUT2D eigenvalue weighted by Gasteiger charge is 2.48. The Balaban J connectivity index is 1.24. The predicted octanol–water partition coefficient (Wildman–Crippen LogP) is 3.31. The summed E-state index contributed by atoms with van der Waals surface area (Å²) in [4.78, 5) is 12.3. The van der Waals surface area contributed by atoms with E-state index in [1.54, 1.807) is 6.07 Å². The summed E-state index contributed by atoms with van der Waals surface area (Å²) in [6.07, 6.45) is -1.67. The van der Waals surface area contributed by atoms with Crippen molar-refractivity contribution < 1.29 is 19.3 Å². The van der Waals surface area contributed by atoms with Crippen molar-refractivity contribution in [3.63, 3.8) is 0 Å². The molecule has 2 aliphatic heterocycles. The number of halogens is 1. The van der Waals surface area contributed by atoms with Crippen LogP contribution < -0.4 is 10.5 Å². The first-order chi connectivity index (χ1) is 16.6. The van der Waals surface area contributed by atoms with E-state index in [9.17, 15) is 5.11 Å². The quantitative estimate of drug-likeness (QED) is 0.403. The number of aromatic nitrogens is 3. The first-order valence-electron chi connectivity index (χ1n) is 11.1. The van der Waals surface area contributed by atoms with Crippen molar-refractivity contribution in [2.75, 3.05) is 13.2 Å². The third-order valence-electron chi connectivity index (χ3n) is 6.33. The first-order valence-corrected chi connectivity index (χ1v) is 11.5. The van der Waals surface area contributed by atoms with Crippen LogP contribution in [-0.2, 0) is 16.0 Å². The molecular weight excluding hydrogens is 456 g/mol. The minimum atomic E-state index is -0.631. The molecule has 0 spiro atoms. The number of aromatic amines is 1. The lowest BCUT2D eigenvalue weighted by Crippen LogP contribution is -2.34. The number of hydrogen-bond donors (Lipinski definition) is 3. The summed E-state index contributed by atoms with van der Waals surface area (Å²) in [5.74, 6) is 0. The summed E-state index contributed by atoms with van der Waals surface area (Å²) in [5.41, 5.74) is 11.7. The van der Waals surface area contributed by atoms with Gasteiger partial charge in [0.05, 0.1) is 29.4 Å². The molecule has 9 heteroatoms. The van der Waals surface area contributed by atoms with Gasteiger partial charge in [-0.05, 0) is 22.8 Å². The zero-order valence-corrected chi connectivity index (χ0v) is 18.9. The lowest BCUT2D eigenvalue weighted by atomic mass is 10.0. The van der Waals surface area contributed by atoms with Gasteiger partial charge in [0.15, 0.2) is 11.8 Å². The molecule has 0 saturated carbocycles. The number of H-pyrrole nitrogens is 1. The Morgan fingerprint density at radius 1 is 0.971 bits per heavy atom. The average molecular weight is 479 g/mol. The van der Waals surface area contributed by atoms with Gasteiger partial charge in [0.1, 0.15) is 18.3 Å². The van der Waals surface area contributed by atoms with E-state index >= 15 is 0 Å². The average Bonchev–Trinajstić information content (AvgIpc) is 3.55. The van der Waals surface area contributed by atoms with E-state index in [4.69, 9.17) is 31.5 Å². The molecule has 34 heavy (non-hydrogen) atoms. The number of rotatable bonds is 5. The molecule has 4 unspecified atom stereocenters. The smallest absolute Gasteiger partial charge is 0.296 e. The molecule has 4 aromatic rings. The van der Waals surface area contributed by atoms with Crippen molar-refractivity contribution in [2.45, 2.75) is 31.0 Å². The van der Waals surface area contributed by atoms with Crippen molar-refractivity contribution in [1.82, 2.24) is 15.0 Å². The minimum absolute atomic E-state index is 0.244. The highest BCUT2D eigenvalue weighted by Crippen LogP contribution is 2.33. The van der Waals surface area contributed by atoms with Crippen LogP contribution in [0.3, 0.4) is 0 Å². The number of nitrogens with zero attached hydrogens (tertiary/aromatic N) is 2. The maximum Gasteiger partial charge on any atom is 0.296 e. The minimum Gasteiger partial charge on any atom is -0.456 e. The highest BCUT2D eigenvalue weighted by molar-refractivity contribution is 6.33. The van der Waals surface area contributed by atoms with Gasteiger partial charge < -0.3 is 30.0 Å². The number of nitrogens with one attached hydrogen (secondary N) is 1. The first kappa shape index (κ1) is 21.5. The predicted molar refractivity (Wildman–Crippen MR) is 128 cm³/mol. The molecule has 4 atom stereocenters. The van der Waals surface area contributed by atoms with Gasteiger partial charge in [-0.25, -0.2) is 4.98 Å². The maximum absolute atomic E-state index is 9.91. The van der Waals surface area contributed by atoms with Gasteiger partial charge in [-0.2, -0.15) is 4.98 Å². The van der Waals surface area contributed by atoms with Gasteiger partial charge in [0.25, 0.3) is 6.01 Å². The Morgan fingerprint density at radius 2 is 1.65 bits per heavy atom. The Morgan fingerprint density at radius 3 is 2.38 bits per heavy atom. The van der Waals surface area contributed by atoms with Crippen LogP contribution in [0.15, 0.2) is 54.6 Å². The Kier molecular flexibility index (Phi) is 5.47. The largest absolute Gasteiger partial charge is 0.456 e. The third kappa shape index (κ3) is 3.83. The molecule has 4 N–H and O–H groups in total. The summed E-state index contributed by atoms with van der Waals surface area (Å²) in [7, 11) is 0. The maximum atomic E-state index is 9.91. The summed E-state index contributed by atoms with van der Waals surface area (Å²) in [5, 5.41) is 10.4. The van der Waals surface area contributed by atoms with Crippen LogP contribution >= 0.6 is 11.6 Å². The van der Waals surface area contributed by atoms with Crippen LogP contribution in [0.2, 0.25) is 5.02 Å². The molecule has 2 fully saturated rings. The fourth-order valence-electron chi connectivity index (χ4n) is 4.50. The number of aliphatic hydroxyl groups excluding tert-OH is 1. The second kappa shape index (κ2) is 8.65. The second-order valence-electron chi connectivity index (χ2n) is 8.53. The number of hydrogen-bond acceptors (Lipinski definition) is 7. The molecule has 8 nitrogen and oxygen atoms in total. The SMILES string of the molecule is NCc1ccc(-c2ccc(-c3nc4nc(OC5COC6C(O)COC56)[nH]c4cc3Cl)cc2)cc1. The summed E-state index contributed by atoms with van der Waals surface area (Å²) >= 11 is 6.57. The van der Waals surface area contributed by atoms with Crippen LogP contribution in [0.1, 0.15) is 5.56 Å². The fraction of sp³-hybridized carbons (Fsp3) is 0.280. The molecule has 6 rings (SSSR count). The third-order valence-corrected chi connectivity index (χ3v) is 6.62. The van der Waals surface area contributed by atoms with Crippen LogP contribution in [0.25, 0.3) is 33.5 Å². The molecule has 4 heterocycles. The molecule has 174 valence electrons. The number of benzene rings is 2. The lowest BCUT2D eigenvalue weighted by Gasteiger charge is -2.15. The molecule has 2 aromatic heterocycles. The van der Waals surface area contributed by atoms with E-state index in [2.05, 4.69) is 27.1 Å². The number of ether oxygens (including phenoxy) is 3. The van der Waals surface area contributed by atoms with E-state index in [1.165, 1.54) is 0 Å². The van der Waals surface area contributed by atoms with Gasteiger partial charge in [0, 0.05) is 12.1 Å². The number of nitrogens with two attached hydrogens (primary N) is 1. The van der Waals surface area contributed by atoms with E-state index in [0.717, 1.165) is 22.3 Å². The Hall–Kier alpha value is -3.01. The van der Waals surface area contributed by atoms with Crippen molar-refractivity contribution in [1.29, 1.82) is 0 Å². The monoisotopic (exact) mass is 478 g/mol. The lowest BCUT2D eigenvalue weighted by molar-refractivity contribution is 0.00706. The van der Waals surface area contributed by atoms with Crippen molar-refractivity contribution >= 4 is 22.8 Å². The van der Waals surface area contributed by atoms with E-state index in [-0.39, 0.29) is 24.9 Å². The molecule has 0 radical (unpaired) electrons. The molecule has 0 aliphatic carbocycles. The van der Waals surface area contributed by atoms with Gasteiger partial charge in [-0.3, -0.25) is 0 Å². The molecule has 0 amide bonds. The van der Waals surface area contributed by atoms with Gasteiger partial charge >= 0.3 is 0 Å². The Bertz CT molecular complexity index is 1330. The molecule has 2 aromatic carbocycles. The van der Waals surface area contributed by atoms with Crippen molar-refractivity contribution in [2.24, 2.45) is 5.73 Å². The van der Waals surface area contributed by atoms with Gasteiger partial charge in [0.2, 0.25) is 0 Å². The second-order valence-corrected chi connectivity index (χ2v) is 8.94. The molecular formula is C25H23ClN4O4. The number of imidazole rings is 1. The van der Waals surface area contributed by atoms with E-state index in [0.29, 0.717) is 41.0 Å². The van der Waals surface area contributed by atoms with Crippen molar-refractivity contribution in [3.05, 3.63) is 65.2 Å². The van der Waals surface area contributed by atoms with E-state index < -0.39 is 6.10 Å². The zero-order chi connectivity index (χ0) is 23.2. The molecule has 2 saturated heterocycles. The van der Waals surface area contributed by atoms with Crippen LogP contribution in [0.4, 0.5) is 0 Å². The number of aliphatic hydroxyl groups is 1. The summed E-state index contributed by atoms with van der Waals surface area (Å²) < 4.78 is 17.2. The molecule has 2 aliphatic rings. The standard InChI is InChI=1S/C25H23ClN4O4/c26-17-9-18-24(30-25(28-18)34-20-12-33-22-19(31)11-32-23(20)22)29-21(17)16-7-5-15(6-8-16)14-3-1-13(10-27)2-4-14/h1-9,19-20,22-23,31H,10-12,27H2,(H,28,29,30). The van der Waals surface area contributed by atoms with Crippen molar-refractivity contribution in [3.8, 4) is 28.4 Å². The van der Waals surface area contributed by atoms with Gasteiger partial charge in [-0.15, -0.1) is 0 Å². The van der Waals surface area contributed by atoms with Crippen LogP contribution in [0, 0.1) is 0 Å². The zero-order valence-electron chi connectivity index (χ0n) is 18.1. The highest BCUT2D eigenvalue weighted by atomic mass is 35.5. The Labute approximate surface area is 200 Å². The summed E-state index contributed by atoms with van der Waals surface area (Å²) in [6, 6.07) is 18.4. The normalized spacial score (nSPS) is 24.0. The fourth-order valence-corrected chi connectivity index (χ4v) is 4.76. The summed E-state index contributed by atoms with van der Waals surface area (Å²) in [6.45, 7) is 1.09.